The molecule has 0 aliphatic rings. The van der Waals surface area contributed by atoms with Crippen LogP contribution in [0, 0.1) is 0 Å². The van der Waals surface area contributed by atoms with E-state index in [1.807, 2.05) is 33.3 Å². The number of nitrogens with one attached hydrogen (secondary N) is 1. The van der Waals surface area contributed by atoms with E-state index in [4.69, 9.17) is 13.8 Å². The number of amides is 1. The number of esters is 1. The number of hydrogen-bond donors (Lipinski definition) is 1. The lowest BCUT2D eigenvalue weighted by molar-refractivity contribution is -0.870. The van der Waals surface area contributed by atoms with Gasteiger partial charge in [-0.25, -0.2) is 0 Å². The van der Waals surface area contributed by atoms with Crippen LogP contribution in [0.5, 0.6) is 0 Å². The van der Waals surface area contributed by atoms with E-state index in [1.54, 1.807) is 0 Å². The maximum absolute atomic E-state index is 13.6. The molecule has 0 spiro atoms. The molecular weight excluding hydrogens is 1060 g/mol. The molecule has 1 amide bonds. The Morgan fingerprint density at radius 2 is 0.762 bits per heavy atom. The van der Waals surface area contributed by atoms with Crippen LogP contribution in [0.3, 0.4) is 0 Å². The average molecular weight is 1190 g/mol. The lowest BCUT2D eigenvalue weighted by atomic mass is 10.0. The third kappa shape index (κ3) is 62.9. The number of hydrogen-bond acceptors (Lipinski definition) is 7. The summed E-state index contributed by atoms with van der Waals surface area (Å²) in [5.41, 5.74) is 0. The van der Waals surface area contributed by atoms with E-state index in [0.29, 0.717) is 23.9 Å². The number of allylic oxidation sites excluding steroid dienone is 19. The van der Waals surface area contributed by atoms with E-state index in [-0.39, 0.29) is 24.9 Å². The first-order valence-electron chi connectivity index (χ1n) is 34.3. The quantitative estimate of drug-likeness (QED) is 0.0212. The average Bonchev–Trinajstić information content (AvgIpc) is 3.65. The van der Waals surface area contributed by atoms with Crippen LogP contribution in [0.15, 0.2) is 122 Å². The molecule has 0 heterocycles. The Labute approximate surface area is 518 Å². The van der Waals surface area contributed by atoms with Crippen LogP contribution in [-0.4, -0.2) is 69.4 Å². The van der Waals surface area contributed by atoms with Gasteiger partial charge in [0.25, 0.3) is 7.82 Å². The molecule has 84 heavy (non-hydrogen) atoms. The predicted octanol–water partition coefficient (Wildman–Crippen LogP) is 21.2. The van der Waals surface area contributed by atoms with Crippen LogP contribution < -0.4 is 10.2 Å². The van der Waals surface area contributed by atoms with Gasteiger partial charge in [-0.05, 0) is 122 Å². The molecule has 3 unspecified atom stereocenters. The summed E-state index contributed by atoms with van der Waals surface area (Å²) >= 11 is 0. The number of carbonyl (C=O) groups is 2. The zero-order chi connectivity index (χ0) is 61.4. The van der Waals surface area contributed by atoms with E-state index >= 15 is 0 Å². The van der Waals surface area contributed by atoms with Crippen molar-refractivity contribution in [1.82, 2.24) is 5.32 Å². The Morgan fingerprint density at radius 3 is 1.17 bits per heavy atom. The fourth-order valence-electron chi connectivity index (χ4n) is 9.36. The van der Waals surface area contributed by atoms with Gasteiger partial charge in [-0.3, -0.25) is 14.2 Å². The minimum atomic E-state index is -4.72. The summed E-state index contributed by atoms with van der Waals surface area (Å²) in [4.78, 5) is 40.2. The molecule has 0 bridgehead atoms. The van der Waals surface area contributed by atoms with Crippen molar-refractivity contribution in [2.75, 3.05) is 40.9 Å². The van der Waals surface area contributed by atoms with Gasteiger partial charge in [0.15, 0.2) is 0 Å². The molecule has 0 saturated heterocycles. The topological polar surface area (TPSA) is 114 Å². The summed E-state index contributed by atoms with van der Waals surface area (Å²) in [7, 11) is 1.15. The Morgan fingerprint density at radius 1 is 0.429 bits per heavy atom. The smallest absolute Gasteiger partial charge is 0.306 e. The molecule has 0 aliphatic heterocycles. The second-order valence-corrected chi connectivity index (χ2v) is 25.4. The van der Waals surface area contributed by atoms with E-state index < -0.39 is 26.6 Å². The van der Waals surface area contributed by atoms with Crippen LogP contribution in [-0.2, 0) is 27.9 Å². The third-order valence-corrected chi connectivity index (χ3v) is 15.6. The van der Waals surface area contributed by atoms with Crippen molar-refractivity contribution >= 4 is 19.7 Å². The Balaban J connectivity index is 5.20. The fraction of sp³-hybridized carbons (Fsp3) is 0.703. The number of nitrogens with zero attached hydrogens (tertiary/aromatic N) is 1. The monoisotopic (exact) mass is 1190 g/mol. The Kier molecular flexibility index (Phi) is 59.8. The summed E-state index contributed by atoms with van der Waals surface area (Å²) in [5.74, 6) is -0.578. The minimum absolute atomic E-state index is 0.0335. The molecule has 0 fully saturated rings. The summed E-state index contributed by atoms with van der Waals surface area (Å²) in [6.45, 7) is 6.68. The van der Waals surface area contributed by atoms with Crippen molar-refractivity contribution in [3.05, 3.63) is 122 Å². The molecule has 0 aromatic heterocycles. The van der Waals surface area contributed by atoms with Gasteiger partial charge in [-0.1, -0.05) is 271 Å². The number of carbonyl (C=O) groups excluding carboxylic acids is 2. The molecule has 0 aliphatic carbocycles. The first kappa shape index (κ1) is 80.4. The van der Waals surface area contributed by atoms with Crippen molar-refractivity contribution < 1.29 is 37.3 Å². The number of quaternary nitrogens is 1. The van der Waals surface area contributed by atoms with Crippen LogP contribution in [0.4, 0.5) is 0 Å². The normalized spacial score (nSPS) is 14.3. The summed E-state index contributed by atoms with van der Waals surface area (Å²) in [6.07, 6.45) is 87.4. The minimum Gasteiger partial charge on any atom is -0.756 e. The molecule has 0 aromatic rings. The summed E-state index contributed by atoms with van der Waals surface area (Å²) in [6, 6.07) is -0.911. The summed E-state index contributed by atoms with van der Waals surface area (Å²) < 4.78 is 30.4. The van der Waals surface area contributed by atoms with E-state index in [2.05, 4.69) is 135 Å². The highest BCUT2D eigenvalue weighted by molar-refractivity contribution is 7.45. The maximum atomic E-state index is 13.6. The molecule has 0 aromatic carbocycles. The molecule has 1 N–H and O–H groups in total. The number of likely N-dealkylation sites (N-methyl/N-ethyl adjacent to an activating group) is 1. The molecule has 482 valence electrons. The molecule has 10 heteroatoms. The predicted molar refractivity (Wildman–Crippen MR) is 362 cm³/mol. The number of unbranched alkanes of at least 4 members (excludes halogenated alkanes) is 27. The number of rotatable bonds is 61. The van der Waals surface area contributed by atoms with Gasteiger partial charge < -0.3 is 28.5 Å². The van der Waals surface area contributed by atoms with Gasteiger partial charge in [0.1, 0.15) is 19.3 Å². The van der Waals surface area contributed by atoms with E-state index in [1.165, 1.54) is 116 Å². The van der Waals surface area contributed by atoms with Crippen LogP contribution >= 0.6 is 7.82 Å². The fourth-order valence-corrected chi connectivity index (χ4v) is 10.1. The largest absolute Gasteiger partial charge is 0.756 e. The van der Waals surface area contributed by atoms with Crippen LogP contribution in [0.2, 0.25) is 0 Å². The van der Waals surface area contributed by atoms with Crippen LogP contribution in [0.25, 0.3) is 0 Å². The second kappa shape index (κ2) is 62.5. The second-order valence-electron chi connectivity index (χ2n) is 23.9. The lowest BCUT2D eigenvalue weighted by Gasteiger charge is -2.30. The molecule has 0 radical (unpaired) electrons. The van der Waals surface area contributed by atoms with E-state index in [0.717, 1.165) is 128 Å². The third-order valence-electron chi connectivity index (χ3n) is 14.6. The SMILES string of the molecule is CC/C=C\C/C=C\C/C=C\C/C=C\C/C=C\C/C=C\CCCCCCC(=O)OC(/C=C/CCCCCCCCCCCC)C(COP(=O)([O-])OCC[N+](C)(C)C)NC(=O)CCCCCCCCCCCC/C=C\C/C=C\C/C=C\CCCCC. The van der Waals surface area contributed by atoms with Crippen molar-refractivity contribution in [3.8, 4) is 0 Å². The van der Waals surface area contributed by atoms with Crippen molar-refractivity contribution in [1.29, 1.82) is 0 Å². The molecule has 3 atom stereocenters. The zero-order valence-corrected chi connectivity index (χ0v) is 56.0. The molecular formula is C74H129N2O7P. The van der Waals surface area contributed by atoms with Crippen LogP contribution in [0.1, 0.15) is 284 Å². The highest BCUT2D eigenvalue weighted by Crippen LogP contribution is 2.38. The van der Waals surface area contributed by atoms with E-state index in [9.17, 15) is 19.0 Å². The van der Waals surface area contributed by atoms with Gasteiger partial charge in [0, 0.05) is 12.8 Å². The van der Waals surface area contributed by atoms with Gasteiger partial charge >= 0.3 is 5.97 Å². The standard InChI is InChI=1S/C74H129N2O7P/c1-7-10-13-16-19-22-25-28-30-32-34-36-38-40-42-44-46-48-51-54-57-60-63-66-73(77)75-71(70-82-84(79,80)81-69-68-76(4,5)6)72(65-62-59-56-53-50-27-24-21-18-15-12-9-3)83-74(78)67-64-61-58-55-52-49-47-45-43-41-39-37-35-33-31-29-26-23-20-17-14-11-8-2/h11,14,19-20,22-23,28-31,34-37,41,43,47,49,62,65,71-72H,7-10,12-13,15-18,21,24-27,32-33,38-40,42,44-46,48,50-61,63-64,66-70H2,1-6H3,(H-,75,77,79,80)/b14-11-,22-19-,23-20-,30-28-,31-29-,36-34-,37-35-,43-41-,49-47-,65-62+. The molecule has 9 nitrogen and oxygen atoms in total. The van der Waals surface area contributed by atoms with Gasteiger partial charge in [-0.2, -0.15) is 0 Å². The Bertz CT molecular complexity index is 1850. The van der Waals surface area contributed by atoms with Crippen molar-refractivity contribution in [3.63, 3.8) is 0 Å². The number of ether oxygens (including phenoxy) is 1. The number of phosphoric acid groups is 1. The Hall–Kier alpha value is -3.59. The first-order valence-corrected chi connectivity index (χ1v) is 35.8. The molecule has 0 saturated carbocycles. The maximum Gasteiger partial charge on any atom is 0.306 e. The highest BCUT2D eigenvalue weighted by Gasteiger charge is 2.27. The lowest BCUT2D eigenvalue weighted by Crippen LogP contribution is -2.47. The first-order chi connectivity index (χ1) is 40.9. The van der Waals surface area contributed by atoms with Crippen molar-refractivity contribution in [2.24, 2.45) is 0 Å². The highest BCUT2D eigenvalue weighted by atomic mass is 31.2. The van der Waals surface area contributed by atoms with Gasteiger partial charge in [0.05, 0.1) is 33.8 Å². The number of phosphoric ester groups is 1. The van der Waals surface area contributed by atoms with Crippen molar-refractivity contribution in [2.45, 2.75) is 296 Å². The molecule has 0 rings (SSSR count). The zero-order valence-electron chi connectivity index (χ0n) is 55.1. The van der Waals surface area contributed by atoms with Gasteiger partial charge in [0.2, 0.25) is 5.91 Å². The van der Waals surface area contributed by atoms with Gasteiger partial charge in [-0.15, -0.1) is 0 Å². The summed E-state index contributed by atoms with van der Waals surface area (Å²) in [5, 5.41) is 3.03.